The van der Waals surface area contributed by atoms with Crippen molar-refractivity contribution in [3.8, 4) is 0 Å². The van der Waals surface area contributed by atoms with Gasteiger partial charge in [0, 0.05) is 25.0 Å². The summed E-state index contributed by atoms with van der Waals surface area (Å²) in [4.78, 5) is 24.1. The summed E-state index contributed by atoms with van der Waals surface area (Å²) >= 11 is 0. The van der Waals surface area contributed by atoms with E-state index in [2.05, 4.69) is 37.5 Å². The fourth-order valence-electron chi connectivity index (χ4n) is 3.19. The van der Waals surface area contributed by atoms with Crippen LogP contribution in [0.2, 0.25) is 0 Å². The maximum Gasteiger partial charge on any atom is 0.222 e. The molecule has 0 saturated carbocycles. The van der Waals surface area contributed by atoms with Gasteiger partial charge >= 0.3 is 0 Å². The van der Waals surface area contributed by atoms with E-state index in [9.17, 15) is 9.59 Å². The van der Waals surface area contributed by atoms with Gasteiger partial charge in [0.05, 0.1) is 12.6 Å². The first-order chi connectivity index (χ1) is 10.4. The third-order valence-electron chi connectivity index (χ3n) is 4.78. The maximum absolute atomic E-state index is 12.1. The molecule has 1 aliphatic carbocycles. The number of fused-ring (bicyclic) bond motifs is 2. The minimum absolute atomic E-state index is 0.0392. The van der Waals surface area contributed by atoms with Gasteiger partial charge in [0.2, 0.25) is 11.8 Å². The molecule has 124 valence electrons. The first-order valence-corrected chi connectivity index (χ1v) is 8.23. The summed E-state index contributed by atoms with van der Waals surface area (Å²) < 4.78 is 5.42. The van der Waals surface area contributed by atoms with Gasteiger partial charge in [0.1, 0.15) is 0 Å². The van der Waals surface area contributed by atoms with Gasteiger partial charge in [-0.2, -0.15) is 0 Å². The molecular formula is C17H28N2O3. The zero-order valence-corrected chi connectivity index (χ0v) is 13.9. The van der Waals surface area contributed by atoms with E-state index in [0.29, 0.717) is 38.4 Å². The molecule has 1 saturated heterocycles. The number of hydrogen-bond acceptors (Lipinski definition) is 3. The van der Waals surface area contributed by atoms with Crippen LogP contribution >= 0.6 is 0 Å². The van der Waals surface area contributed by atoms with E-state index in [0.717, 1.165) is 12.8 Å². The molecule has 0 aromatic carbocycles. The number of rotatable bonds is 0. The van der Waals surface area contributed by atoms with E-state index in [1.807, 2.05) is 0 Å². The van der Waals surface area contributed by atoms with Crippen LogP contribution in [0.4, 0.5) is 0 Å². The van der Waals surface area contributed by atoms with Crippen molar-refractivity contribution in [1.29, 1.82) is 0 Å². The third kappa shape index (κ3) is 4.57. The molecule has 2 amide bonds. The van der Waals surface area contributed by atoms with Crippen LogP contribution in [-0.2, 0) is 14.3 Å². The first kappa shape index (κ1) is 17.0. The monoisotopic (exact) mass is 308 g/mol. The van der Waals surface area contributed by atoms with E-state index < -0.39 is 0 Å². The summed E-state index contributed by atoms with van der Waals surface area (Å²) in [6.07, 6.45) is 5.53. The number of carbonyl (C=O) groups excluding carboxylic acids is 2. The van der Waals surface area contributed by atoms with Crippen molar-refractivity contribution in [1.82, 2.24) is 10.6 Å². The number of ether oxygens (including phenoxy) is 1. The highest BCUT2D eigenvalue weighted by molar-refractivity contribution is 5.77. The SMILES string of the molecule is CC1=CCC2CC1NC(=O)CCOCCCC(=O)NC2(C)C. The molecular weight excluding hydrogens is 280 g/mol. The fourth-order valence-corrected chi connectivity index (χ4v) is 3.19. The predicted molar refractivity (Wildman–Crippen MR) is 85.3 cm³/mol. The lowest BCUT2D eigenvalue weighted by Crippen LogP contribution is -2.52. The molecule has 2 aliphatic rings. The van der Waals surface area contributed by atoms with Crippen molar-refractivity contribution in [2.45, 2.75) is 64.5 Å². The number of carbonyl (C=O) groups is 2. The fraction of sp³-hybridized carbons (Fsp3) is 0.765. The molecule has 22 heavy (non-hydrogen) atoms. The van der Waals surface area contributed by atoms with E-state index in [1.54, 1.807) is 0 Å². The van der Waals surface area contributed by atoms with Crippen LogP contribution in [0.15, 0.2) is 11.6 Å². The van der Waals surface area contributed by atoms with Crippen LogP contribution in [0.5, 0.6) is 0 Å². The average Bonchev–Trinajstić information content (AvgIpc) is 2.43. The highest BCUT2D eigenvalue weighted by Crippen LogP contribution is 2.32. The topological polar surface area (TPSA) is 67.4 Å². The van der Waals surface area contributed by atoms with Crippen molar-refractivity contribution in [2.24, 2.45) is 5.92 Å². The zero-order chi connectivity index (χ0) is 16.2. The predicted octanol–water partition coefficient (Wildman–Crippen LogP) is 1.92. The second kappa shape index (κ2) is 7.27. The Bertz CT molecular complexity index is 457. The Balaban J connectivity index is 2.13. The summed E-state index contributed by atoms with van der Waals surface area (Å²) in [6, 6.07) is 0.0605. The Labute approximate surface area is 132 Å². The van der Waals surface area contributed by atoms with Crippen LogP contribution in [0.1, 0.15) is 52.9 Å². The van der Waals surface area contributed by atoms with E-state index >= 15 is 0 Å². The Kier molecular flexibility index (Phi) is 5.62. The molecule has 5 heteroatoms. The van der Waals surface area contributed by atoms with Crippen LogP contribution in [-0.4, -0.2) is 36.6 Å². The average molecular weight is 308 g/mol. The van der Waals surface area contributed by atoms with Gasteiger partial charge in [-0.15, -0.1) is 0 Å². The van der Waals surface area contributed by atoms with Crippen LogP contribution < -0.4 is 10.6 Å². The largest absolute Gasteiger partial charge is 0.381 e. The van der Waals surface area contributed by atoms with Crippen LogP contribution in [0, 0.1) is 5.92 Å². The van der Waals surface area contributed by atoms with E-state index in [4.69, 9.17) is 4.74 Å². The molecule has 0 spiro atoms. The van der Waals surface area contributed by atoms with Gasteiger partial charge in [0.15, 0.2) is 0 Å². The smallest absolute Gasteiger partial charge is 0.222 e. The number of hydrogen-bond donors (Lipinski definition) is 2. The summed E-state index contributed by atoms with van der Waals surface area (Å²) in [6.45, 7) is 7.15. The molecule has 2 N–H and O–H groups in total. The zero-order valence-electron chi connectivity index (χ0n) is 13.9. The van der Waals surface area contributed by atoms with Crippen molar-refractivity contribution >= 4 is 11.8 Å². The van der Waals surface area contributed by atoms with Crippen molar-refractivity contribution in [3.05, 3.63) is 11.6 Å². The van der Waals surface area contributed by atoms with Gasteiger partial charge < -0.3 is 15.4 Å². The Morgan fingerprint density at radius 2 is 1.95 bits per heavy atom. The molecule has 1 heterocycles. The summed E-state index contributed by atoms with van der Waals surface area (Å²) in [7, 11) is 0. The Morgan fingerprint density at radius 1 is 1.18 bits per heavy atom. The van der Waals surface area contributed by atoms with E-state index in [1.165, 1.54) is 5.57 Å². The standard InChI is InChI=1S/C17H28N2O3/c1-12-6-7-13-11-14(12)18-15(20)8-10-22-9-4-5-16(21)19-17(13,2)3/h6,13-14H,4-5,7-11H2,1-3H3,(H,18,20)(H,19,21). The van der Waals surface area contributed by atoms with E-state index in [-0.39, 0.29) is 23.4 Å². The molecule has 0 aromatic rings. The van der Waals surface area contributed by atoms with Gasteiger partial charge in [0.25, 0.3) is 0 Å². The number of allylic oxidation sites excluding steroid dienone is 1. The summed E-state index contributed by atoms with van der Waals surface area (Å²) in [5, 5.41) is 6.26. The van der Waals surface area contributed by atoms with Crippen LogP contribution in [0.3, 0.4) is 0 Å². The molecule has 2 rings (SSSR count). The molecule has 5 nitrogen and oxygen atoms in total. The Hall–Kier alpha value is -1.36. The second-order valence-electron chi connectivity index (χ2n) is 6.97. The molecule has 2 bridgehead atoms. The van der Waals surface area contributed by atoms with Gasteiger partial charge in [-0.1, -0.05) is 11.6 Å². The highest BCUT2D eigenvalue weighted by Gasteiger charge is 2.35. The summed E-state index contributed by atoms with van der Waals surface area (Å²) in [5.74, 6) is 0.444. The van der Waals surface area contributed by atoms with Gasteiger partial charge in [-0.05, 0) is 46.0 Å². The maximum atomic E-state index is 12.1. The molecule has 1 aliphatic heterocycles. The normalized spacial score (nSPS) is 30.6. The molecule has 2 atom stereocenters. The Morgan fingerprint density at radius 3 is 2.73 bits per heavy atom. The lowest BCUT2D eigenvalue weighted by Gasteiger charge is -2.40. The number of amides is 2. The lowest BCUT2D eigenvalue weighted by molar-refractivity contribution is -0.125. The second-order valence-corrected chi connectivity index (χ2v) is 6.97. The first-order valence-electron chi connectivity index (χ1n) is 8.23. The quantitative estimate of drug-likeness (QED) is 0.672. The van der Waals surface area contributed by atoms with Gasteiger partial charge in [-0.3, -0.25) is 9.59 Å². The van der Waals surface area contributed by atoms with Crippen molar-refractivity contribution < 1.29 is 14.3 Å². The van der Waals surface area contributed by atoms with Crippen molar-refractivity contribution in [3.63, 3.8) is 0 Å². The highest BCUT2D eigenvalue weighted by atomic mass is 16.5. The third-order valence-corrected chi connectivity index (χ3v) is 4.78. The van der Waals surface area contributed by atoms with Crippen LogP contribution in [0.25, 0.3) is 0 Å². The molecule has 0 radical (unpaired) electrons. The summed E-state index contributed by atoms with van der Waals surface area (Å²) in [5.41, 5.74) is 0.933. The molecule has 1 fully saturated rings. The van der Waals surface area contributed by atoms with Crippen molar-refractivity contribution in [2.75, 3.05) is 13.2 Å². The molecule has 2 unspecified atom stereocenters. The minimum Gasteiger partial charge on any atom is -0.381 e. The lowest BCUT2D eigenvalue weighted by atomic mass is 9.75. The molecule has 0 aromatic heterocycles. The minimum atomic E-state index is -0.276. The van der Waals surface area contributed by atoms with Gasteiger partial charge in [-0.25, -0.2) is 0 Å². The number of nitrogens with one attached hydrogen (secondary N) is 2.